The summed E-state index contributed by atoms with van der Waals surface area (Å²) in [5, 5.41) is 0. The highest BCUT2D eigenvalue weighted by atomic mass is 16.5. The Balaban J connectivity index is 2.45. The van der Waals surface area contributed by atoms with Gasteiger partial charge in [0.05, 0.1) is 25.4 Å². The Bertz CT molecular complexity index is 315. The molecule has 1 rings (SSSR count). The highest BCUT2D eigenvalue weighted by molar-refractivity contribution is 5.72. The number of H-pyrrole nitrogens is 1. The molecular formula is C9H12N2O2. The second-order valence-corrected chi connectivity index (χ2v) is 2.61. The molecule has 0 saturated carbocycles. The van der Waals surface area contributed by atoms with E-state index in [2.05, 4.69) is 14.7 Å². The Morgan fingerprint density at radius 2 is 2.54 bits per heavy atom. The van der Waals surface area contributed by atoms with Crippen molar-refractivity contribution in [2.45, 2.75) is 13.3 Å². The largest absolute Gasteiger partial charge is 0.469 e. The molecule has 1 aromatic heterocycles. The summed E-state index contributed by atoms with van der Waals surface area (Å²) in [5.74, 6) is 0.616. The molecule has 0 fully saturated rings. The number of aryl methyl sites for hydroxylation is 1. The number of aromatic amines is 1. The van der Waals surface area contributed by atoms with E-state index < -0.39 is 0 Å². The lowest BCUT2D eigenvalue weighted by molar-refractivity contribution is -0.139. The van der Waals surface area contributed by atoms with Crippen LogP contribution in [0.3, 0.4) is 0 Å². The zero-order chi connectivity index (χ0) is 9.68. The van der Waals surface area contributed by atoms with Crippen LogP contribution in [-0.4, -0.2) is 23.0 Å². The van der Waals surface area contributed by atoms with Crippen molar-refractivity contribution in [2.75, 3.05) is 7.11 Å². The van der Waals surface area contributed by atoms with Gasteiger partial charge in [-0.05, 0) is 13.0 Å². The molecule has 13 heavy (non-hydrogen) atoms. The minimum absolute atomic E-state index is 0.243. The zero-order valence-electron chi connectivity index (χ0n) is 7.70. The first-order valence-electron chi connectivity index (χ1n) is 3.97. The molecule has 0 bridgehead atoms. The predicted octanol–water partition coefficient (Wildman–Crippen LogP) is 1.29. The van der Waals surface area contributed by atoms with Crippen LogP contribution in [0, 0.1) is 6.92 Å². The second kappa shape index (κ2) is 4.45. The highest BCUT2D eigenvalue weighted by Gasteiger charge is 1.95. The minimum Gasteiger partial charge on any atom is -0.469 e. The SMILES string of the molecule is COC(=O)CC=Cc1cnc(C)[nH]1. The number of carbonyl (C=O) groups is 1. The van der Waals surface area contributed by atoms with Crippen molar-refractivity contribution in [1.29, 1.82) is 0 Å². The third kappa shape index (κ3) is 3.11. The number of aromatic nitrogens is 2. The lowest BCUT2D eigenvalue weighted by Gasteiger charge is -1.91. The first-order valence-corrected chi connectivity index (χ1v) is 3.97. The van der Waals surface area contributed by atoms with Crippen LogP contribution in [-0.2, 0) is 9.53 Å². The van der Waals surface area contributed by atoms with Crippen molar-refractivity contribution in [3.8, 4) is 0 Å². The van der Waals surface area contributed by atoms with E-state index in [0.29, 0.717) is 0 Å². The van der Waals surface area contributed by atoms with Gasteiger partial charge in [0, 0.05) is 0 Å². The van der Waals surface area contributed by atoms with Crippen LogP contribution in [0.5, 0.6) is 0 Å². The molecule has 70 valence electrons. The summed E-state index contributed by atoms with van der Waals surface area (Å²) in [6.07, 6.45) is 5.54. The first kappa shape index (κ1) is 9.51. The van der Waals surface area contributed by atoms with Crippen molar-refractivity contribution in [3.63, 3.8) is 0 Å². The normalized spacial score (nSPS) is 10.6. The number of imidazole rings is 1. The molecule has 0 amide bonds. The molecule has 0 aliphatic rings. The molecule has 1 N–H and O–H groups in total. The van der Waals surface area contributed by atoms with E-state index in [1.807, 2.05) is 6.92 Å². The molecule has 0 aliphatic carbocycles. The van der Waals surface area contributed by atoms with Gasteiger partial charge in [-0.1, -0.05) is 6.08 Å². The number of esters is 1. The summed E-state index contributed by atoms with van der Waals surface area (Å²) >= 11 is 0. The number of nitrogens with one attached hydrogen (secondary N) is 1. The Morgan fingerprint density at radius 1 is 1.77 bits per heavy atom. The van der Waals surface area contributed by atoms with Gasteiger partial charge in [0.15, 0.2) is 0 Å². The topological polar surface area (TPSA) is 55.0 Å². The van der Waals surface area contributed by atoms with Crippen molar-refractivity contribution in [3.05, 3.63) is 23.8 Å². The van der Waals surface area contributed by atoms with Gasteiger partial charge >= 0.3 is 5.97 Å². The molecule has 0 spiro atoms. The molecule has 4 nitrogen and oxygen atoms in total. The molecule has 0 radical (unpaired) electrons. The van der Waals surface area contributed by atoms with Gasteiger partial charge in [0.25, 0.3) is 0 Å². The number of rotatable bonds is 3. The molecule has 0 unspecified atom stereocenters. The third-order valence-electron chi connectivity index (χ3n) is 1.53. The van der Waals surface area contributed by atoms with Gasteiger partial charge in [-0.15, -0.1) is 0 Å². The molecular weight excluding hydrogens is 168 g/mol. The van der Waals surface area contributed by atoms with Crippen molar-refractivity contribution < 1.29 is 9.53 Å². The van der Waals surface area contributed by atoms with E-state index in [0.717, 1.165) is 11.5 Å². The van der Waals surface area contributed by atoms with E-state index in [-0.39, 0.29) is 12.4 Å². The van der Waals surface area contributed by atoms with E-state index in [1.165, 1.54) is 7.11 Å². The molecule has 4 heteroatoms. The van der Waals surface area contributed by atoms with Gasteiger partial charge in [0.1, 0.15) is 5.82 Å². The predicted molar refractivity (Wildman–Crippen MR) is 49.0 cm³/mol. The summed E-state index contributed by atoms with van der Waals surface area (Å²) in [5.41, 5.74) is 0.890. The maximum atomic E-state index is 10.7. The molecule has 1 aromatic rings. The van der Waals surface area contributed by atoms with Gasteiger partial charge in [-0.2, -0.15) is 0 Å². The van der Waals surface area contributed by atoms with Gasteiger partial charge in [-0.25, -0.2) is 4.98 Å². The number of methoxy groups -OCH3 is 1. The fraction of sp³-hybridized carbons (Fsp3) is 0.333. The minimum atomic E-state index is -0.243. The maximum absolute atomic E-state index is 10.7. The first-order chi connectivity index (χ1) is 6.22. The summed E-state index contributed by atoms with van der Waals surface area (Å²) in [4.78, 5) is 17.7. The Kier molecular flexibility index (Phi) is 3.25. The zero-order valence-corrected chi connectivity index (χ0v) is 7.70. The lowest BCUT2D eigenvalue weighted by Crippen LogP contribution is -1.96. The van der Waals surface area contributed by atoms with Crippen molar-refractivity contribution >= 4 is 12.0 Å². The quantitative estimate of drug-likeness (QED) is 0.713. The number of ether oxygens (including phenoxy) is 1. The van der Waals surface area contributed by atoms with Crippen LogP contribution in [0.1, 0.15) is 17.9 Å². The summed E-state index contributed by atoms with van der Waals surface area (Å²) in [7, 11) is 1.37. The average molecular weight is 180 g/mol. The summed E-state index contributed by atoms with van der Waals surface area (Å²) < 4.78 is 4.48. The van der Waals surface area contributed by atoms with Gasteiger partial charge < -0.3 is 9.72 Å². The second-order valence-electron chi connectivity index (χ2n) is 2.61. The lowest BCUT2D eigenvalue weighted by atomic mass is 10.3. The van der Waals surface area contributed by atoms with Crippen LogP contribution < -0.4 is 0 Å². The Labute approximate surface area is 76.6 Å². The summed E-state index contributed by atoms with van der Waals surface area (Å²) in [6.45, 7) is 1.87. The number of nitrogens with zero attached hydrogens (tertiary/aromatic N) is 1. The van der Waals surface area contributed by atoms with Crippen LogP contribution in [0.25, 0.3) is 6.08 Å². The van der Waals surface area contributed by atoms with Crippen molar-refractivity contribution in [1.82, 2.24) is 9.97 Å². The third-order valence-corrected chi connectivity index (χ3v) is 1.53. The fourth-order valence-corrected chi connectivity index (χ4v) is 0.890. The maximum Gasteiger partial charge on any atom is 0.309 e. The van der Waals surface area contributed by atoms with Crippen LogP contribution in [0.2, 0.25) is 0 Å². The van der Waals surface area contributed by atoms with E-state index in [4.69, 9.17) is 0 Å². The monoisotopic (exact) mass is 180 g/mol. The van der Waals surface area contributed by atoms with E-state index >= 15 is 0 Å². The highest BCUT2D eigenvalue weighted by Crippen LogP contribution is 1.99. The van der Waals surface area contributed by atoms with E-state index in [9.17, 15) is 4.79 Å². The molecule has 0 atom stereocenters. The number of hydrogen-bond donors (Lipinski definition) is 1. The molecule has 0 aromatic carbocycles. The standard InChI is InChI=1S/C9H12N2O2/c1-7-10-6-8(11-7)4-3-5-9(12)13-2/h3-4,6H,5H2,1-2H3,(H,10,11). The summed E-state index contributed by atoms with van der Waals surface area (Å²) in [6, 6.07) is 0. The Morgan fingerprint density at radius 3 is 3.08 bits per heavy atom. The average Bonchev–Trinajstić information content (AvgIpc) is 2.51. The van der Waals surface area contributed by atoms with Gasteiger partial charge in [0.2, 0.25) is 0 Å². The molecule has 0 saturated heterocycles. The fourth-order valence-electron chi connectivity index (χ4n) is 0.890. The van der Waals surface area contributed by atoms with Crippen LogP contribution in [0.15, 0.2) is 12.3 Å². The molecule has 1 heterocycles. The number of carbonyl (C=O) groups excluding carboxylic acids is 1. The van der Waals surface area contributed by atoms with Crippen LogP contribution in [0.4, 0.5) is 0 Å². The van der Waals surface area contributed by atoms with Crippen molar-refractivity contribution in [2.24, 2.45) is 0 Å². The molecule has 0 aliphatic heterocycles. The van der Waals surface area contributed by atoms with Gasteiger partial charge in [-0.3, -0.25) is 4.79 Å². The smallest absolute Gasteiger partial charge is 0.309 e. The van der Waals surface area contributed by atoms with E-state index in [1.54, 1.807) is 18.3 Å². The van der Waals surface area contributed by atoms with Crippen LogP contribution >= 0.6 is 0 Å². The Hall–Kier alpha value is -1.58. The number of hydrogen-bond acceptors (Lipinski definition) is 3.